The molecule has 0 aromatic carbocycles. The van der Waals surface area contributed by atoms with Gasteiger partial charge in [0, 0.05) is 32.7 Å². The lowest BCUT2D eigenvalue weighted by atomic mass is 10.3. The Hall–Kier alpha value is -0.700. The third kappa shape index (κ3) is 6.90. The van der Waals surface area contributed by atoms with Gasteiger partial charge in [-0.05, 0) is 13.0 Å². The number of nitrogens with zero attached hydrogens (tertiary/aromatic N) is 1. The van der Waals surface area contributed by atoms with E-state index in [1.54, 1.807) is 0 Å². The largest absolute Gasteiger partial charge is 0.481 e. The molecule has 0 atom stereocenters. The molecular formula is C10H21N3O4S. The fraction of sp³-hybridized carbons (Fsp3) is 0.900. The molecule has 1 heterocycles. The van der Waals surface area contributed by atoms with E-state index in [9.17, 15) is 13.2 Å². The summed E-state index contributed by atoms with van der Waals surface area (Å²) in [5.74, 6) is -1.45. The van der Waals surface area contributed by atoms with Crippen molar-refractivity contribution in [2.45, 2.75) is 12.8 Å². The molecule has 0 radical (unpaired) electrons. The van der Waals surface area contributed by atoms with Crippen LogP contribution in [0.5, 0.6) is 0 Å². The van der Waals surface area contributed by atoms with Crippen LogP contribution in [0, 0.1) is 0 Å². The lowest BCUT2D eigenvalue weighted by Gasteiger charge is -2.27. The average Bonchev–Trinajstić information content (AvgIpc) is 2.34. The maximum Gasteiger partial charge on any atom is 0.304 e. The molecule has 1 saturated heterocycles. The van der Waals surface area contributed by atoms with Gasteiger partial charge >= 0.3 is 5.97 Å². The van der Waals surface area contributed by atoms with Gasteiger partial charge in [0.25, 0.3) is 0 Å². The minimum Gasteiger partial charge on any atom is -0.481 e. The van der Waals surface area contributed by atoms with E-state index in [0.29, 0.717) is 6.54 Å². The summed E-state index contributed by atoms with van der Waals surface area (Å²) in [5, 5.41) is 11.7. The lowest BCUT2D eigenvalue weighted by Crippen LogP contribution is -2.44. The van der Waals surface area contributed by atoms with Crippen LogP contribution >= 0.6 is 0 Å². The molecule has 1 aliphatic heterocycles. The number of piperazine rings is 1. The number of carbonyl (C=O) groups is 1. The zero-order valence-electron chi connectivity index (χ0n) is 10.4. The average molecular weight is 279 g/mol. The van der Waals surface area contributed by atoms with Crippen LogP contribution in [0.15, 0.2) is 0 Å². The van der Waals surface area contributed by atoms with Crippen LogP contribution in [0.2, 0.25) is 0 Å². The number of rotatable bonds is 8. The molecule has 1 aliphatic rings. The maximum atomic E-state index is 11.4. The zero-order chi connectivity index (χ0) is 13.4. The number of hydrogen-bond donors (Lipinski definition) is 3. The first-order valence-electron chi connectivity index (χ1n) is 6.12. The highest BCUT2D eigenvalue weighted by Crippen LogP contribution is 1.95. The third-order valence-electron chi connectivity index (χ3n) is 2.77. The van der Waals surface area contributed by atoms with Crippen molar-refractivity contribution in [3.63, 3.8) is 0 Å². The molecule has 7 nitrogen and oxygen atoms in total. The van der Waals surface area contributed by atoms with E-state index in [1.807, 2.05) is 0 Å². The van der Waals surface area contributed by atoms with Gasteiger partial charge in [-0.15, -0.1) is 0 Å². The fourth-order valence-electron chi connectivity index (χ4n) is 1.76. The van der Waals surface area contributed by atoms with Gasteiger partial charge < -0.3 is 15.3 Å². The van der Waals surface area contributed by atoms with Gasteiger partial charge in [0.05, 0.1) is 12.2 Å². The number of hydrogen-bond acceptors (Lipinski definition) is 5. The minimum atomic E-state index is -3.44. The van der Waals surface area contributed by atoms with Crippen LogP contribution in [-0.2, 0) is 14.8 Å². The Kier molecular flexibility index (Phi) is 6.55. The van der Waals surface area contributed by atoms with E-state index in [2.05, 4.69) is 14.9 Å². The van der Waals surface area contributed by atoms with E-state index in [1.165, 1.54) is 0 Å². The van der Waals surface area contributed by atoms with Gasteiger partial charge in [-0.25, -0.2) is 13.1 Å². The molecule has 18 heavy (non-hydrogen) atoms. The van der Waals surface area contributed by atoms with Crippen molar-refractivity contribution in [2.75, 3.05) is 45.0 Å². The molecule has 0 saturated carbocycles. The first kappa shape index (κ1) is 15.4. The zero-order valence-corrected chi connectivity index (χ0v) is 11.2. The monoisotopic (exact) mass is 279 g/mol. The second-order valence-electron chi connectivity index (χ2n) is 4.30. The van der Waals surface area contributed by atoms with Gasteiger partial charge in [-0.2, -0.15) is 0 Å². The van der Waals surface area contributed by atoms with Gasteiger partial charge in [-0.3, -0.25) is 4.79 Å². The second-order valence-corrected chi connectivity index (χ2v) is 6.23. The van der Waals surface area contributed by atoms with Gasteiger partial charge in [0.2, 0.25) is 10.0 Å². The van der Waals surface area contributed by atoms with Gasteiger partial charge in [0.15, 0.2) is 0 Å². The van der Waals surface area contributed by atoms with E-state index < -0.39 is 16.0 Å². The quantitative estimate of drug-likeness (QED) is 0.477. The molecule has 106 valence electrons. The smallest absolute Gasteiger partial charge is 0.304 e. The van der Waals surface area contributed by atoms with Crippen LogP contribution < -0.4 is 10.0 Å². The second kappa shape index (κ2) is 7.67. The predicted molar refractivity (Wildman–Crippen MR) is 68.0 cm³/mol. The third-order valence-corrected chi connectivity index (χ3v) is 4.15. The summed E-state index contributed by atoms with van der Waals surface area (Å²) in [5.41, 5.74) is 0. The molecule has 0 amide bonds. The fourth-order valence-corrected chi connectivity index (χ4v) is 2.80. The van der Waals surface area contributed by atoms with Crippen LogP contribution in [-0.4, -0.2) is 69.4 Å². The maximum absolute atomic E-state index is 11.4. The summed E-state index contributed by atoms with van der Waals surface area (Å²) in [7, 11) is -3.44. The number of aliphatic carboxylic acids is 1. The van der Waals surface area contributed by atoms with Crippen molar-refractivity contribution in [3.05, 3.63) is 0 Å². The molecule has 0 aromatic heterocycles. The molecule has 1 rings (SSSR count). The number of carboxylic acids is 1. The molecule has 1 fully saturated rings. The molecule has 0 bridgehead atoms. The Balaban J connectivity index is 2.10. The van der Waals surface area contributed by atoms with Crippen molar-refractivity contribution in [1.29, 1.82) is 0 Å². The normalized spacial score (nSPS) is 17.8. The summed E-state index contributed by atoms with van der Waals surface area (Å²) in [6.45, 7) is 5.17. The Bertz CT molecular complexity index is 352. The summed E-state index contributed by atoms with van der Waals surface area (Å²) in [6.07, 6.45) is 0.388. The summed E-state index contributed by atoms with van der Waals surface area (Å²) < 4.78 is 25.2. The first-order chi connectivity index (χ1) is 8.49. The molecule has 0 aromatic rings. The van der Waals surface area contributed by atoms with E-state index >= 15 is 0 Å². The molecule has 3 N–H and O–H groups in total. The van der Waals surface area contributed by atoms with Crippen LogP contribution in [0.1, 0.15) is 12.8 Å². The van der Waals surface area contributed by atoms with Crippen molar-refractivity contribution < 1.29 is 18.3 Å². The predicted octanol–water partition coefficient (Wildman–Crippen LogP) is -1.32. The Morgan fingerprint density at radius 3 is 2.61 bits per heavy atom. The number of sulfonamides is 1. The van der Waals surface area contributed by atoms with Gasteiger partial charge in [0.1, 0.15) is 0 Å². The topological polar surface area (TPSA) is 98.7 Å². The SMILES string of the molecule is O=C(O)CCS(=O)(=O)NCCCN1CCNCC1. The standard InChI is InChI=1S/C10H21N3O4S/c14-10(15)2-9-18(16,17)12-3-1-6-13-7-4-11-5-8-13/h11-12H,1-9H2,(H,14,15). The van der Waals surface area contributed by atoms with Gasteiger partial charge in [-0.1, -0.05) is 0 Å². The highest BCUT2D eigenvalue weighted by Gasteiger charge is 2.13. The van der Waals surface area contributed by atoms with E-state index in [0.717, 1.165) is 39.1 Å². The first-order valence-corrected chi connectivity index (χ1v) is 7.77. The Morgan fingerprint density at radius 1 is 1.33 bits per heavy atom. The van der Waals surface area contributed by atoms with E-state index in [4.69, 9.17) is 5.11 Å². The minimum absolute atomic E-state index is 0.351. The summed E-state index contributed by atoms with van der Waals surface area (Å²) in [6, 6.07) is 0. The molecule has 0 unspecified atom stereocenters. The van der Waals surface area contributed by atoms with Crippen molar-refractivity contribution >= 4 is 16.0 Å². The molecule has 0 spiro atoms. The van der Waals surface area contributed by atoms with Crippen LogP contribution in [0.3, 0.4) is 0 Å². The Morgan fingerprint density at radius 2 is 2.00 bits per heavy atom. The van der Waals surface area contributed by atoms with Crippen molar-refractivity contribution in [1.82, 2.24) is 14.9 Å². The molecule has 0 aliphatic carbocycles. The van der Waals surface area contributed by atoms with Crippen LogP contribution in [0.4, 0.5) is 0 Å². The summed E-state index contributed by atoms with van der Waals surface area (Å²) in [4.78, 5) is 12.6. The van der Waals surface area contributed by atoms with Crippen molar-refractivity contribution in [2.24, 2.45) is 0 Å². The highest BCUT2D eigenvalue weighted by atomic mass is 32.2. The molecular weight excluding hydrogens is 258 g/mol. The number of carboxylic acid groups (broad SMARTS) is 1. The van der Waals surface area contributed by atoms with E-state index in [-0.39, 0.29) is 12.2 Å². The Labute approximate surface area is 108 Å². The molecule has 8 heteroatoms. The summed E-state index contributed by atoms with van der Waals surface area (Å²) >= 11 is 0. The van der Waals surface area contributed by atoms with Crippen molar-refractivity contribution in [3.8, 4) is 0 Å². The van der Waals surface area contributed by atoms with Crippen LogP contribution in [0.25, 0.3) is 0 Å². The number of nitrogens with one attached hydrogen (secondary N) is 2. The highest BCUT2D eigenvalue weighted by molar-refractivity contribution is 7.89. The lowest BCUT2D eigenvalue weighted by molar-refractivity contribution is -0.136.